The van der Waals surface area contributed by atoms with E-state index in [0.717, 1.165) is 29.5 Å². The summed E-state index contributed by atoms with van der Waals surface area (Å²) in [5, 5.41) is 3.61. The highest BCUT2D eigenvalue weighted by Crippen LogP contribution is 2.35. The van der Waals surface area contributed by atoms with Gasteiger partial charge in [-0.15, -0.1) is 0 Å². The molecule has 5 heteroatoms. The van der Waals surface area contributed by atoms with Crippen LogP contribution in [-0.4, -0.2) is 16.0 Å². The second-order valence-corrected chi connectivity index (χ2v) is 7.19. The lowest BCUT2D eigenvalue weighted by atomic mass is 9.95. The summed E-state index contributed by atoms with van der Waals surface area (Å²) in [7, 11) is 0. The zero-order valence-electron chi connectivity index (χ0n) is 14.0. The zero-order valence-corrected chi connectivity index (χ0v) is 14.0. The molecule has 0 amide bonds. The van der Waals surface area contributed by atoms with Gasteiger partial charge in [-0.25, -0.2) is 15.8 Å². The Balaban J connectivity index is 2.27. The normalized spacial score (nSPS) is 16.7. The highest BCUT2D eigenvalue weighted by molar-refractivity contribution is 5.57. The lowest BCUT2D eigenvalue weighted by Gasteiger charge is -2.23. The third-order valence-electron chi connectivity index (χ3n) is 4.10. The number of nitrogens with one attached hydrogen (secondary N) is 2. The van der Waals surface area contributed by atoms with E-state index in [1.165, 1.54) is 19.3 Å². The minimum atomic E-state index is -0.103. The molecule has 1 aliphatic carbocycles. The number of anilines is 2. The lowest BCUT2D eigenvalue weighted by Crippen LogP contribution is -2.25. The maximum atomic E-state index is 5.62. The number of hydrogen-bond donors (Lipinski definition) is 3. The summed E-state index contributed by atoms with van der Waals surface area (Å²) in [5.41, 5.74) is 3.58. The summed E-state index contributed by atoms with van der Waals surface area (Å²) in [5.74, 6) is 8.95. The van der Waals surface area contributed by atoms with Crippen molar-refractivity contribution in [3.8, 4) is 0 Å². The Kier molecular flexibility index (Phi) is 4.71. The van der Waals surface area contributed by atoms with Crippen LogP contribution < -0.4 is 16.6 Å². The van der Waals surface area contributed by atoms with Gasteiger partial charge in [-0.1, -0.05) is 40.5 Å². The number of nitrogens with zero attached hydrogens (tertiary/aromatic N) is 2. The van der Waals surface area contributed by atoms with Crippen molar-refractivity contribution in [2.45, 2.75) is 71.8 Å². The largest absolute Gasteiger partial charge is 0.367 e. The molecule has 1 fully saturated rings. The molecule has 5 nitrogen and oxygen atoms in total. The van der Waals surface area contributed by atoms with Gasteiger partial charge >= 0.3 is 0 Å². The maximum Gasteiger partial charge on any atom is 0.148 e. The molecule has 1 atom stereocenters. The van der Waals surface area contributed by atoms with Crippen LogP contribution in [0.4, 0.5) is 11.6 Å². The molecule has 1 unspecified atom stereocenters. The van der Waals surface area contributed by atoms with Crippen molar-refractivity contribution in [1.82, 2.24) is 9.97 Å². The number of nitrogens with two attached hydrogens (primary N) is 1. The quantitative estimate of drug-likeness (QED) is 0.553. The molecule has 1 saturated carbocycles. The average Bonchev–Trinajstić information content (AvgIpc) is 3.22. The van der Waals surface area contributed by atoms with Crippen molar-refractivity contribution in [2.24, 2.45) is 11.8 Å². The fourth-order valence-electron chi connectivity index (χ4n) is 2.41. The van der Waals surface area contributed by atoms with Gasteiger partial charge in [0, 0.05) is 17.0 Å². The Morgan fingerprint density at radius 1 is 1.24 bits per heavy atom. The van der Waals surface area contributed by atoms with Gasteiger partial charge in [0.1, 0.15) is 17.5 Å². The molecule has 4 N–H and O–H groups in total. The Morgan fingerprint density at radius 3 is 2.33 bits per heavy atom. The predicted molar refractivity (Wildman–Crippen MR) is 88.3 cm³/mol. The molecule has 0 saturated heterocycles. The van der Waals surface area contributed by atoms with Gasteiger partial charge in [0.15, 0.2) is 0 Å². The molecule has 1 aliphatic rings. The van der Waals surface area contributed by atoms with Crippen LogP contribution in [0.5, 0.6) is 0 Å². The monoisotopic (exact) mass is 291 g/mol. The van der Waals surface area contributed by atoms with E-state index in [1.807, 2.05) is 6.92 Å². The van der Waals surface area contributed by atoms with E-state index in [-0.39, 0.29) is 5.41 Å². The standard InChI is InChI=1S/C16H29N5/c1-6-12(9-11-7-8-11)18-13-10(2)14(21-17)20-15(19-13)16(3,4)5/h11-12H,6-9,17H2,1-5H3,(H2,18,19,20,21). The highest BCUT2D eigenvalue weighted by atomic mass is 15.3. The Morgan fingerprint density at radius 2 is 1.86 bits per heavy atom. The molecular formula is C16H29N5. The minimum Gasteiger partial charge on any atom is -0.367 e. The molecule has 0 radical (unpaired) electrons. The van der Waals surface area contributed by atoms with Crippen molar-refractivity contribution in [1.29, 1.82) is 0 Å². The molecule has 1 aromatic heterocycles. The molecule has 0 bridgehead atoms. The first-order valence-electron chi connectivity index (χ1n) is 7.97. The minimum absolute atomic E-state index is 0.103. The Labute approximate surface area is 128 Å². The number of hydrazine groups is 1. The summed E-state index contributed by atoms with van der Waals surface area (Å²) < 4.78 is 0. The zero-order chi connectivity index (χ0) is 15.6. The Hall–Kier alpha value is -1.36. The molecule has 21 heavy (non-hydrogen) atoms. The maximum absolute atomic E-state index is 5.62. The van der Waals surface area contributed by atoms with Gasteiger partial charge in [-0.05, 0) is 25.7 Å². The number of hydrogen-bond acceptors (Lipinski definition) is 5. The topological polar surface area (TPSA) is 75.9 Å². The van der Waals surface area contributed by atoms with Crippen LogP contribution in [0.25, 0.3) is 0 Å². The van der Waals surface area contributed by atoms with Crippen LogP contribution in [0, 0.1) is 12.8 Å². The summed E-state index contributed by atoms with van der Waals surface area (Å²) >= 11 is 0. The lowest BCUT2D eigenvalue weighted by molar-refractivity contribution is 0.542. The molecule has 0 aliphatic heterocycles. The molecule has 1 heterocycles. The SMILES string of the molecule is CCC(CC1CC1)Nc1nc(C(C)(C)C)nc(NN)c1C. The second-order valence-electron chi connectivity index (χ2n) is 7.19. The van der Waals surface area contributed by atoms with Gasteiger partial charge in [0.05, 0.1) is 0 Å². The van der Waals surface area contributed by atoms with Crippen LogP contribution in [-0.2, 0) is 5.41 Å². The van der Waals surface area contributed by atoms with E-state index in [1.54, 1.807) is 0 Å². The van der Waals surface area contributed by atoms with Gasteiger partial charge in [0.2, 0.25) is 0 Å². The third kappa shape index (κ3) is 4.06. The molecule has 118 valence electrons. The highest BCUT2D eigenvalue weighted by Gasteiger charge is 2.26. The molecule has 0 aromatic carbocycles. The molecule has 2 rings (SSSR count). The van der Waals surface area contributed by atoms with Crippen molar-refractivity contribution in [3.63, 3.8) is 0 Å². The first-order valence-corrected chi connectivity index (χ1v) is 7.97. The molecule has 0 spiro atoms. The Bertz CT molecular complexity index is 488. The smallest absolute Gasteiger partial charge is 0.148 e. The molecule has 1 aromatic rings. The third-order valence-corrected chi connectivity index (χ3v) is 4.10. The van der Waals surface area contributed by atoms with E-state index < -0.39 is 0 Å². The van der Waals surface area contributed by atoms with Crippen molar-refractivity contribution in [2.75, 3.05) is 10.7 Å². The van der Waals surface area contributed by atoms with E-state index in [9.17, 15) is 0 Å². The van der Waals surface area contributed by atoms with Gasteiger partial charge in [-0.3, -0.25) is 0 Å². The van der Waals surface area contributed by atoms with Crippen LogP contribution >= 0.6 is 0 Å². The fraction of sp³-hybridized carbons (Fsp3) is 0.750. The average molecular weight is 291 g/mol. The van der Waals surface area contributed by atoms with E-state index in [2.05, 4.69) is 43.4 Å². The van der Waals surface area contributed by atoms with E-state index in [4.69, 9.17) is 10.8 Å². The van der Waals surface area contributed by atoms with Crippen molar-refractivity contribution in [3.05, 3.63) is 11.4 Å². The second kappa shape index (κ2) is 6.18. The van der Waals surface area contributed by atoms with Gasteiger partial charge in [0.25, 0.3) is 0 Å². The van der Waals surface area contributed by atoms with Crippen molar-refractivity contribution < 1.29 is 0 Å². The van der Waals surface area contributed by atoms with Crippen LogP contribution in [0.3, 0.4) is 0 Å². The van der Waals surface area contributed by atoms with Crippen molar-refractivity contribution >= 4 is 11.6 Å². The number of aromatic nitrogens is 2. The van der Waals surface area contributed by atoms with E-state index in [0.29, 0.717) is 11.9 Å². The first kappa shape index (κ1) is 16.0. The summed E-state index contributed by atoms with van der Waals surface area (Å²) in [6, 6.07) is 0.476. The van der Waals surface area contributed by atoms with Gasteiger partial charge in [-0.2, -0.15) is 0 Å². The predicted octanol–water partition coefficient (Wildman–Crippen LogP) is 3.36. The number of rotatable bonds is 6. The van der Waals surface area contributed by atoms with Crippen LogP contribution in [0.15, 0.2) is 0 Å². The summed E-state index contributed by atoms with van der Waals surface area (Å²) in [6.07, 6.45) is 5.10. The van der Waals surface area contributed by atoms with E-state index >= 15 is 0 Å². The van der Waals surface area contributed by atoms with Gasteiger partial charge < -0.3 is 10.7 Å². The van der Waals surface area contributed by atoms with Crippen LogP contribution in [0.2, 0.25) is 0 Å². The molecular weight excluding hydrogens is 262 g/mol. The summed E-state index contributed by atoms with van der Waals surface area (Å²) in [4.78, 5) is 9.29. The number of nitrogen functional groups attached to an aromatic ring is 1. The summed E-state index contributed by atoms with van der Waals surface area (Å²) in [6.45, 7) is 10.6. The fourth-order valence-corrected chi connectivity index (χ4v) is 2.41. The van der Waals surface area contributed by atoms with Crippen LogP contribution in [0.1, 0.15) is 64.8 Å². The first-order chi connectivity index (χ1) is 9.85.